The van der Waals surface area contributed by atoms with Crippen LogP contribution in [0.5, 0.6) is 17.2 Å². The summed E-state index contributed by atoms with van der Waals surface area (Å²) in [7, 11) is 1.55. The lowest BCUT2D eigenvalue weighted by Gasteiger charge is -2.25. The Morgan fingerprint density at radius 3 is 2.66 bits per heavy atom. The number of pyridine rings is 1. The molecule has 0 bridgehead atoms. The van der Waals surface area contributed by atoms with E-state index in [1.807, 2.05) is 19.9 Å². The van der Waals surface area contributed by atoms with Crippen LogP contribution in [0.3, 0.4) is 0 Å². The third-order valence-electron chi connectivity index (χ3n) is 7.17. The molecule has 2 heterocycles. The number of ether oxygens (including phenoxy) is 3. The fraction of sp³-hybridized carbons (Fsp3) is 0.400. The topological polar surface area (TPSA) is 77.9 Å². The molecule has 1 saturated carbocycles. The average molecular weight is 540 g/mol. The fourth-order valence-corrected chi connectivity index (χ4v) is 4.74. The van der Waals surface area contributed by atoms with Crippen LogP contribution < -0.4 is 14.2 Å². The van der Waals surface area contributed by atoms with Crippen LogP contribution in [0.15, 0.2) is 42.5 Å². The van der Waals surface area contributed by atoms with Crippen LogP contribution in [-0.4, -0.2) is 35.7 Å². The van der Waals surface area contributed by atoms with Gasteiger partial charge in [0.1, 0.15) is 22.9 Å². The lowest BCUT2D eigenvalue weighted by atomic mass is 9.83. The minimum atomic E-state index is -1.42. The SMILES string of the molecule is COc1cc(C(=O)CCC(C)(O)c2cc3c(c(-c4ccc(F)c(Cl)c4)n2)OCC3(C)C)ccc1OC1CC1. The minimum Gasteiger partial charge on any atom is -0.493 e. The molecule has 1 atom stereocenters. The van der Waals surface area contributed by atoms with Gasteiger partial charge in [-0.1, -0.05) is 25.4 Å². The van der Waals surface area contributed by atoms with Gasteiger partial charge in [-0.2, -0.15) is 0 Å². The summed E-state index contributed by atoms with van der Waals surface area (Å²) in [6.07, 6.45) is 2.50. The van der Waals surface area contributed by atoms with Crippen LogP contribution >= 0.6 is 11.6 Å². The number of carbonyl (C=O) groups is 1. The molecule has 3 aromatic rings. The lowest BCUT2D eigenvalue weighted by molar-refractivity contribution is 0.0396. The maximum Gasteiger partial charge on any atom is 0.163 e. The smallest absolute Gasteiger partial charge is 0.163 e. The molecule has 5 rings (SSSR count). The molecule has 200 valence electrons. The van der Waals surface area contributed by atoms with E-state index in [4.69, 9.17) is 30.8 Å². The van der Waals surface area contributed by atoms with Crippen LogP contribution in [0.25, 0.3) is 11.3 Å². The molecule has 1 N–H and O–H groups in total. The highest BCUT2D eigenvalue weighted by Gasteiger charge is 2.38. The van der Waals surface area contributed by atoms with E-state index in [0.717, 1.165) is 18.4 Å². The van der Waals surface area contributed by atoms with Gasteiger partial charge in [0.2, 0.25) is 0 Å². The van der Waals surface area contributed by atoms with Gasteiger partial charge in [0.25, 0.3) is 0 Å². The average Bonchev–Trinajstić information content (AvgIpc) is 3.65. The van der Waals surface area contributed by atoms with E-state index in [-0.39, 0.29) is 35.2 Å². The zero-order valence-corrected chi connectivity index (χ0v) is 22.7. The van der Waals surface area contributed by atoms with Gasteiger partial charge in [0.05, 0.1) is 30.5 Å². The molecule has 1 aliphatic carbocycles. The van der Waals surface area contributed by atoms with Gasteiger partial charge in [0, 0.05) is 28.5 Å². The maximum atomic E-state index is 13.9. The van der Waals surface area contributed by atoms with Gasteiger partial charge >= 0.3 is 0 Å². The zero-order chi connectivity index (χ0) is 27.2. The second kappa shape index (κ2) is 9.86. The Bertz CT molecular complexity index is 1400. The van der Waals surface area contributed by atoms with Crippen LogP contribution in [0.2, 0.25) is 5.02 Å². The van der Waals surface area contributed by atoms with Crippen LogP contribution in [0.1, 0.15) is 68.1 Å². The highest BCUT2D eigenvalue weighted by molar-refractivity contribution is 6.31. The number of hydrogen-bond donors (Lipinski definition) is 1. The Labute approximate surface area is 226 Å². The molecule has 1 fully saturated rings. The van der Waals surface area contributed by atoms with E-state index in [9.17, 15) is 14.3 Å². The van der Waals surface area contributed by atoms with Crippen molar-refractivity contribution >= 4 is 17.4 Å². The first-order valence-electron chi connectivity index (χ1n) is 12.7. The summed E-state index contributed by atoms with van der Waals surface area (Å²) >= 11 is 6.05. The number of ketones is 1. The molecule has 8 heteroatoms. The third-order valence-corrected chi connectivity index (χ3v) is 7.46. The summed E-state index contributed by atoms with van der Waals surface area (Å²) in [6.45, 7) is 6.18. The molecule has 1 aliphatic heterocycles. The fourth-order valence-electron chi connectivity index (χ4n) is 4.56. The Balaban J connectivity index is 1.41. The second-order valence-corrected chi connectivity index (χ2v) is 11.3. The molecule has 0 radical (unpaired) electrons. The molecule has 0 amide bonds. The number of hydrogen-bond acceptors (Lipinski definition) is 6. The molecule has 2 aliphatic rings. The van der Waals surface area contributed by atoms with E-state index >= 15 is 0 Å². The van der Waals surface area contributed by atoms with E-state index in [1.165, 1.54) is 12.1 Å². The molecule has 38 heavy (non-hydrogen) atoms. The number of fused-ring (bicyclic) bond motifs is 1. The first kappa shape index (κ1) is 26.4. The third kappa shape index (κ3) is 5.22. The number of nitrogens with zero attached hydrogens (tertiary/aromatic N) is 1. The van der Waals surface area contributed by atoms with E-state index < -0.39 is 11.4 Å². The normalized spacial score (nSPS) is 17.3. The Kier molecular flexibility index (Phi) is 6.86. The molecule has 1 unspecified atom stereocenters. The van der Waals surface area contributed by atoms with Crippen molar-refractivity contribution in [1.82, 2.24) is 4.98 Å². The van der Waals surface area contributed by atoms with Gasteiger partial charge in [-0.25, -0.2) is 9.37 Å². The van der Waals surface area contributed by atoms with Crippen molar-refractivity contribution < 1.29 is 28.5 Å². The summed E-state index contributed by atoms with van der Waals surface area (Å²) in [4.78, 5) is 17.8. The number of benzene rings is 2. The van der Waals surface area contributed by atoms with Crippen molar-refractivity contribution in [3.05, 3.63) is 70.1 Å². The highest BCUT2D eigenvalue weighted by atomic mass is 35.5. The van der Waals surface area contributed by atoms with Crippen LogP contribution in [0, 0.1) is 5.82 Å². The van der Waals surface area contributed by atoms with Gasteiger partial charge in [-0.15, -0.1) is 0 Å². The highest BCUT2D eigenvalue weighted by Crippen LogP contribution is 2.46. The number of aliphatic hydroxyl groups is 1. The largest absolute Gasteiger partial charge is 0.493 e. The van der Waals surface area contributed by atoms with E-state index in [1.54, 1.807) is 38.3 Å². The quantitative estimate of drug-likeness (QED) is 0.307. The van der Waals surface area contributed by atoms with Crippen LogP contribution in [0.4, 0.5) is 4.39 Å². The number of halogens is 2. The Hall–Kier alpha value is -3.16. The molecule has 0 saturated heterocycles. The Morgan fingerprint density at radius 1 is 1.21 bits per heavy atom. The van der Waals surface area contributed by atoms with Crippen LogP contribution in [-0.2, 0) is 11.0 Å². The van der Waals surface area contributed by atoms with Gasteiger partial charge < -0.3 is 19.3 Å². The molecular formula is C30H31ClFNO5. The molecule has 0 spiro atoms. The van der Waals surface area contributed by atoms with E-state index in [0.29, 0.717) is 46.4 Å². The monoisotopic (exact) mass is 539 g/mol. The molecule has 6 nitrogen and oxygen atoms in total. The number of rotatable bonds is 9. The number of methoxy groups -OCH3 is 1. The van der Waals surface area contributed by atoms with Crippen molar-refractivity contribution in [3.8, 4) is 28.5 Å². The maximum absolute atomic E-state index is 13.9. The van der Waals surface area contributed by atoms with Gasteiger partial charge in [-0.3, -0.25) is 4.79 Å². The summed E-state index contributed by atoms with van der Waals surface area (Å²) < 4.78 is 31.1. The summed E-state index contributed by atoms with van der Waals surface area (Å²) in [5.41, 5.74) is 1.11. The summed E-state index contributed by atoms with van der Waals surface area (Å²) in [5, 5.41) is 11.5. The predicted molar refractivity (Wildman–Crippen MR) is 143 cm³/mol. The summed E-state index contributed by atoms with van der Waals surface area (Å²) in [6, 6.07) is 11.4. The van der Waals surface area contributed by atoms with E-state index in [2.05, 4.69) is 0 Å². The second-order valence-electron chi connectivity index (χ2n) is 10.9. The first-order valence-corrected chi connectivity index (χ1v) is 13.1. The van der Waals surface area contributed by atoms with Crippen molar-refractivity contribution in [3.63, 3.8) is 0 Å². The molecule has 1 aromatic heterocycles. The summed E-state index contributed by atoms with van der Waals surface area (Å²) in [5.74, 6) is 1.07. The number of carbonyl (C=O) groups excluding carboxylic acids is 1. The van der Waals surface area contributed by atoms with Crippen molar-refractivity contribution in [1.29, 1.82) is 0 Å². The van der Waals surface area contributed by atoms with Gasteiger partial charge in [-0.05, 0) is 68.7 Å². The van der Waals surface area contributed by atoms with Gasteiger partial charge in [0.15, 0.2) is 17.3 Å². The number of Topliss-reactive ketones (excluding diaryl/α,β-unsaturated/α-hetero) is 1. The predicted octanol–water partition coefficient (Wildman–Crippen LogP) is 6.63. The molecular weight excluding hydrogens is 509 g/mol. The first-order chi connectivity index (χ1) is 18.0. The standard InChI is InChI=1S/C30H31ClFNO5/c1-29(2)16-37-28-20(29)15-26(33-27(28)18-5-9-22(32)21(31)13-18)30(3,35)12-11-23(34)17-6-10-24(25(14-17)36-4)38-19-7-8-19/h5-6,9-10,13-15,19,35H,7-8,11-12,16H2,1-4H3. The Morgan fingerprint density at radius 2 is 1.97 bits per heavy atom. The lowest BCUT2D eigenvalue weighted by Crippen LogP contribution is -2.25. The molecule has 2 aromatic carbocycles. The van der Waals surface area contributed by atoms with Crippen molar-refractivity contribution in [2.45, 2.75) is 63.6 Å². The minimum absolute atomic E-state index is 0.0259. The zero-order valence-electron chi connectivity index (χ0n) is 21.9. The van der Waals surface area contributed by atoms with Crippen molar-refractivity contribution in [2.24, 2.45) is 0 Å². The van der Waals surface area contributed by atoms with Crippen molar-refractivity contribution in [2.75, 3.05) is 13.7 Å². The number of aromatic nitrogens is 1.